The highest BCUT2D eigenvalue weighted by atomic mass is 32.2. The second-order valence-corrected chi connectivity index (χ2v) is 5.65. The number of carbonyl (C=O) groups is 1. The SMILES string of the molecule is C[C@@H](Sc1nncn1N)C(=O)Nc1ccc2c(c1)OCO2. The first-order valence-electron chi connectivity index (χ1n) is 6.16. The third-order valence-electron chi connectivity index (χ3n) is 2.83. The minimum atomic E-state index is -0.373. The molecule has 1 aromatic carbocycles. The van der Waals surface area contributed by atoms with Crippen LogP contribution in [0.5, 0.6) is 11.5 Å². The third kappa shape index (κ3) is 2.87. The fourth-order valence-corrected chi connectivity index (χ4v) is 2.49. The number of fused-ring (bicyclic) bond motifs is 1. The summed E-state index contributed by atoms with van der Waals surface area (Å²) >= 11 is 1.23. The van der Waals surface area contributed by atoms with Crippen molar-refractivity contribution in [2.24, 2.45) is 0 Å². The molecular weight excluding hydrogens is 294 g/mol. The molecule has 0 fully saturated rings. The highest BCUT2D eigenvalue weighted by Crippen LogP contribution is 2.34. The number of hydrogen-bond donors (Lipinski definition) is 2. The molecule has 0 saturated carbocycles. The molecule has 8 nitrogen and oxygen atoms in total. The topological polar surface area (TPSA) is 104 Å². The second-order valence-electron chi connectivity index (χ2n) is 4.34. The minimum Gasteiger partial charge on any atom is -0.454 e. The van der Waals surface area contributed by atoms with Crippen LogP contribution >= 0.6 is 11.8 Å². The summed E-state index contributed by atoms with van der Waals surface area (Å²) in [5, 5.41) is 10.4. The average Bonchev–Trinajstić information content (AvgIpc) is 3.07. The van der Waals surface area contributed by atoms with Crippen LogP contribution in [-0.4, -0.2) is 32.8 Å². The molecule has 0 bridgehead atoms. The number of aromatic nitrogens is 3. The van der Waals surface area contributed by atoms with Crippen molar-refractivity contribution in [2.75, 3.05) is 18.0 Å². The predicted octanol–water partition coefficient (Wildman–Crippen LogP) is 0.840. The molecule has 0 saturated heterocycles. The lowest BCUT2D eigenvalue weighted by Crippen LogP contribution is -2.23. The largest absolute Gasteiger partial charge is 0.454 e. The summed E-state index contributed by atoms with van der Waals surface area (Å²) in [6.45, 7) is 1.97. The Morgan fingerprint density at radius 1 is 1.48 bits per heavy atom. The summed E-state index contributed by atoms with van der Waals surface area (Å²) in [4.78, 5) is 12.1. The maximum Gasteiger partial charge on any atom is 0.237 e. The number of nitrogen functional groups attached to an aromatic ring is 1. The van der Waals surface area contributed by atoms with Gasteiger partial charge in [0.25, 0.3) is 0 Å². The van der Waals surface area contributed by atoms with Crippen LogP contribution < -0.4 is 20.6 Å². The number of rotatable bonds is 4. The molecule has 0 spiro atoms. The molecule has 110 valence electrons. The van der Waals surface area contributed by atoms with Gasteiger partial charge in [0, 0.05) is 11.8 Å². The van der Waals surface area contributed by atoms with E-state index >= 15 is 0 Å². The van der Waals surface area contributed by atoms with Crippen LogP contribution in [0.2, 0.25) is 0 Å². The van der Waals surface area contributed by atoms with Gasteiger partial charge in [0.15, 0.2) is 11.5 Å². The Balaban J connectivity index is 1.64. The number of nitrogens with one attached hydrogen (secondary N) is 1. The van der Waals surface area contributed by atoms with Crippen molar-refractivity contribution in [3.05, 3.63) is 24.5 Å². The van der Waals surface area contributed by atoms with Crippen molar-refractivity contribution >= 4 is 23.4 Å². The molecule has 0 unspecified atom stereocenters. The van der Waals surface area contributed by atoms with Crippen molar-refractivity contribution in [2.45, 2.75) is 17.3 Å². The van der Waals surface area contributed by atoms with Crippen molar-refractivity contribution < 1.29 is 14.3 Å². The van der Waals surface area contributed by atoms with E-state index in [1.165, 1.54) is 22.8 Å². The fraction of sp³-hybridized carbons (Fsp3) is 0.250. The Bertz CT molecular complexity index is 675. The Morgan fingerprint density at radius 2 is 2.29 bits per heavy atom. The van der Waals surface area contributed by atoms with E-state index < -0.39 is 0 Å². The number of nitrogens with zero attached hydrogens (tertiary/aromatic N) is 3. The van der Waals surface area contributed by atoms with Crippen LogP contribution in [0.1, 0.15) is 6.92 Å². The summed E-state index contributed by atoms with van der Waals surface area (Å²) in [5.74, 6) is 6.74. The number of nitrogens with two attached hydrogens (primary N) is 1. The van der Waals surface area contributed by atoms with Gasteiger partial charge in [0.2, 0.25) is 17.9 Å². The molecule has 3 rings (SSSR count). The highest BCUT2D eigenvalue weighted by Gasteiger charge is 2.19. The Morgan fingerprint density at radius 3 is 3.05 bits per heavy atom. The molecule has 3 N–H and O–H groups in total. The molecule has 0 aliphatic carbocycles. The molecule has 1 aliphatic rings. The van der Waals surface area contributed by atoms with Gasteiger partial charge < -0.3 is 20.6 Å². The van der Waals surface area contributed by atoms with E-state index in [2.05, 4.69) is 15.5 Å². The quantitative estimate of drug-likeness (QED) is 0.637. The molecule has 1 atom stereocenters. The number of amides is 1. The van der Waals surface area contributed by atoms with Gasteiger partial charge in [-0.15, -0.1) is 10.2 Å². The molecular formula is C12H13N5O3S. The highest BCUT2D eigenvalue weighted by molar-refractivity contribution is 8.00. The van der Waals surface area contributed by atoms with E-state index in [4.69, 9.17) is 15.3 Å². The van der Waals surface area contributed by atoms with Crippen LogP contribution in [0.3, 0.4) is 0 Å². The number of ether oxygens (including phenoxy) is 2. The predicted molar refractivity (Wildman–Crippen MR) is 76.7 cm³/mol. The van der Waals surface area contributed by atoms with E-state index in [0.29, 0.717) is 22.3 Å². The number of thioether (sulfide) groups is 1. The lowest BCUT2D eigenvalue weighted by Gasteiger charge is -2.11. The monoisotopic (exact) mass is 307 g/mol. The van der Waals surface area contributed by atoms with Gasteiger partial charge in [0.05, 0.1) is 5.25 Å². The summed E-state index contributed by atoms with van der Waals surface area (Å²) in [6.07, 6.45) is 1.38. The summed E-state index contributed by atoms with van der Waals surface area (Å²) in [5.41, 5.74) is 0.644. The summed E-state index contributed by atoms with van der Waals surface area (Å²) in [6, 6.07) is 5.24. The normalized spacial score (nSPS) is 14.0. The Labute approximate surface area is 124 Å². The van der Waals surface area contributed by atoms with Crippen LogP contribution in [0, 0.1) is 0 Å². The van der Waals surface area contributed by atoms with Crippen molar-refractivity contribution in [3.63, 3.8) is 0 Å². The molecule has 9 heteroatoms. The van der Waals surface area contributed by atoms with Gasteiger partial charge in [-0.1, -0.05) is 11.8 Å². The van der Waals surface area contributed by atoms with Crippen molar-refractivity contribution in [3.8, 4) is 11.5 Å². The van der Waals surface area contributed by atoms with E-state index in [1.807, 2.05) is 0 Å². The smallest absolute Gasteiger partial charge is 0.237 e. The zero-order valence-corrected chi connectivity index (χ0v) is 12.0. The summed E-state index contributed by atoms with van der Waals surface area (Å²) in [7, 11) is 0. The molecule has 0 radical (unpaired) electrons. The maximum absolute atomic E-state index is 12.1. The zero-order chi connectivity index (χ0) is 14.8. The molecule has 1 aliphatic heterocycles. The molecule has 1 amide bonds. The minimum absolute atomic E-state index is 0.165. The lowest BCUT2D eigenvalue weighted by molar-refractivity contribution is -0.115. The van der Waals surface area contributed by atoms with Crippen LogP contribution in [-0.2, 0) is 4.79 Å². The first-order chi connectivity index (χ1) is 10.1. The number of anilines is 1. The lowest BCUT2D eigenvalue weighted by atomic mass is 10.2. The second kappa shape index (κ2) is 5.52. The number of hydrogen-bond acceptors (Lipinski definition) is 7. The van der Waals surface area contributed by atoms with Gasteiger partial charge in [-0.2, -0.15) is 0 Å². The van der Waals surface area contributed by atoms with E-state index in [1.54, 1.807) is 25.1 Å². The number of carbonyl (C=O) groups excluding carboxylic acids is 1. The zero-order valence-electron chi connectivity index (χ0n) is 11.1. The van der Waals surface area contributed by atoms with Gasteiger partial charge in [-0.05, 0) is 19.1 Å². The molecule has 2 heterocycles. The molecule has 1 aromatic heterocycles. The molecule has 21 heavy (non-hydrogen) atoms. The van der Waals surface area contributed by atoms with Gasteiger partial charge in [-0.3, -0.25) is 4.79 Å². The van der Waals surface area contributed by atoms with Crippen LogP contribution in [0.15, 0.2) is 29.7 Å². The Kier molecular flexibility index (Phi) is 3.57. The fourth-order valence-electron chi connectivity index (χ4n) is 1.75. The van der Waals surface area contributed by atoms with Crippen molar-refractivity contribution in [1.29, 1.82) is 0 Å². The average molecular weight is 307 g/mol. The van der Waals surface area contributed by atoms with E-state index in [-0.39, 0.29) is 18.0 Å². The Hall–Kier alpha value is -2.42. The third-order valence-corrected chi connectivity index (χ3v) is 3.90. The van der Waals surface area contributed by atoms with Crippen molar-refractivity contribution in [1.82, 2.24) is 14.9 Å². The van der Waals surface area contributed by atoms with E-state index in [9.17, 15) is 4.79 Å². The van der Waals surface area contributed by atoms with Gasteiger partial charge in [-0.25, -0.2) is 4.68 Å². The van der Waals surface area contributed by atoms with Crippen LogP contribution in [0.25, 0.3) is 0 Å². The standard InChI is InChI=1S/C12H13N5O3S/c1-7(21-12-16-14-5-17(12)13)11(18)15-8-2-3-9-10(4-8)20-6-19-9/h2-5,7H,6,13H2,1H3,(H,15,18)/t7-/m1/s1. The van der Waals surface area contributed by atoms with Crippen LogP contribution in [0.4, 0.5) is 5.69 Å². The first kappa shape index (κ1) is 13.6. The van der Waals surface area contributed by atoms with E-state index in [0.717, 1.165) is 0 Å². The summed E-state index contributed by atoms with van der Waals surface area (Å²) < 4.78 is 11.8. The molecule has 2 aromatic rings. The van der Waals surface area contributed by atoms with Gasteiger partial charge >= 0.3 is 0 Å². The number of benzene rings is 1. The maximum atomic E-state index is 12.1. The first-order valence-corrected chi connectivity index (χ1v) is 7.04. The van der Waals surface area contributed by atoms with Gasteiger partial charge in [0.1, 0.15) is 6.33 Å².